The normalized spacial score (nSPS) is 28.9. The number of benzene rings is 1. The van der Waals surface area contributed by atoms with E-state index in [1.54, 1.807) is 47.1 Å². The summed E-state index contributed by atoms with van der Waals surface area (Å²) in [7, 11) is -1.27. The number of Topliss-reactive ketones (excluding diaryl/α,β-unsaturated/α-hetero) is 1. The van der Waals surface area contributed by atoms with Crippen molar-refractivity contribution in [2.24, 2.45) is 29.1 Å². The first-order valence-electron chi connectivity index (χ1n) is 21.1. The molecule has 0 spiro atoms. The van der Waals surface area contributed by atoms with E-state index in [1.165, 1.54) is 4.90 Å². The maximum Gasteiger partial charge on any atom is 0.307 e. The number of nitrogens with one attached hydrogen (secondary N) is 1. The summed E-state index contributed by atoms with van der Waals surface area (Å²) in [6.07, 6.45) is 4.79. The van der Waals surface area contributed by atoms with Crippen LogP contribution in [-0.2, 0) is 38.7 Å². The lowest BCUT2D eigenvalue weighted by atomic mass is 9.81. The third-order valence-corrected chi connectivity index (χ3v) is 14.6. The minimum atomic E-state index is -4.36. The lowest BCUT2D eigenvalue weighted by Crippen LogP contribution is -2.49. The molecule has 2 aliphatic heterocycles. The maximum absolute atomic E-state index is 15.2. The number of aromatic nitrogens is 2. The number of nitrogens with zero attached hydrogens (tertiary/aromatic N) is 3. The second-order valence-corrected chi connectivity index (χ2v) is 20.8. The van der Waals surface area contributed by atoms with Crippen LogP contribution in [0.15, 0.2) is 30.4 Å². The highest BCUT2D eigenvalue weighted by Crippen LogP contribution is 2.58. The SMILES string of the molecule is COC[C@@H]1C[C@@H](C)CC/C=C\[C@@H]2C[C@@]2(C(=O)NS(=O)(=O)C2(CF)CC2)CC(=O)[C@@H]2C[C@@H](Oc3nc4cc(OC)ccc4nc3C(C)C)CN2C(=O)[C@H]1CC(=O)OC(C)(C)C. The van der Waals surface area contributed by atoms with Gasteiger partial charge in [-0.25, -0.2) is 22.8 Å². The number of fused-ring (bicyclic) bond motifs is 3. The van der Waals surface area contributed by atoms with Gasteiger partial charge in [0.25, 0.3) is 0 Å². The molecule has 1 aromatic carbocycles. The van der Waals surface area contributed by atoms with Crippen molar-refractivity contribution in [1.29, 1.82) is 0 Å². The van der Waals surface area contributed by atoms with Crippen LogP contribution in [-0.4, -0.2) is 103 Å². The molecule has 2 saturated carbocycles. The highest BCUT2D eigenvalue weighted by Gasteiger charge is 2.63. The zero-order chi connectivity index (χ0) is 43.8. The molecule has 2 amide bonds. The van der Waals surface area contributed by atoms with Crippen LogP contribution in [0.3, 0.4) is 0 Å². The third-order valence-electron chi connectivity index (χ3n) is 12.5. The number of carbonyl (C=O) groups is 4. The first-order valence-corrected chi connectivity index (χ1v) is 22.6. The van der Waals surface area contributed by atoms with Gasteiger partial charge in [-0.2, -0.15) is 0 Å². The molecule has 2 aromatic rings. The number of ketones is 1. The van der Waals surface area contributed by atoms with Crippen molar-refractivity contribution >= 4 is 44.6 Å². The number of allylic oxidation sites excluding steroid dienone is 2. The average molecular weight is 857 g/mol. The average Bonchev–Trinajstić information content (AvgIpc) is 4.08. The highest BCUT2D eigenvalue weighted by molar-refractivity contribution is 7.91. The smallest absolute Gasteiger partial charge is 0.307 e. The van der Waals surface area contributed by atoms with Crippen molar-refractivity contribution in [1.82, 2.24) is 19.6 Å². The van der Waals surface area contributed by atoms with Crippen molar-refractivity contribution < 1.29 is 50.9 Å². The van der Waals surface area contributed by atoms with E-state index in [-0.39, 0.29) is 69.4 Å². The molecule has 330 valence electrons. The molecule has 2 aliphatic carbocycles. The minimum Gasteiger partial charge on any atom is -0.497 e. The fourth-order valence-corrected chi connectivity index (χ4v) is 10.2. The Morgan fingerprint density at radius 1 is 1.08 bits per heavy atom. The Hall–Kier alpha value is -4.18. The molecule has 60 heavy (non-hydrogen) atoms. The number of methoxy groups -OCH3 is 2. The van der Waals surface area contributed by atoms with Gasteiger partial charge in [-0.1, -0.05) is 32.9 Å². The molecule has 14 nitrogen and oxygen atoms in total. The number of hydrogen-bond donors (Lipinski definition) is 1. The summed E-state index contributed by atoms with van der Waals surface area (Å²) in [6, 6.07) is 4.24. The summed E-state index contributed by atoms with van der Waals surface area (Å²) in [6.45, 7) is 10.3. The van der Waals surface area contributed by atoms with E-state index < -0.39 is 85.9 Å². The third kappa shape index (κ3) is 9.79. The van der Waals surface area contributed by atoms with Crippen LogP contribution in [0, 0.1) is 29.1 Å². The molecule has 3 fully saturated rings. The zero-order valence-corrected chi connectivity index (χ0v) is 36.9. The molecular formula is C44H61FN4O10S. The fourth-order valence-electron chi connectivity index (χ4n) is 8.79. The zero-order valence-electron chi connectivity index (χ0n) is 36.1. The summed E-state index contributed by atoms with van der Waals surface area (Å²) in [5, 5.41) is 0. The van der Waals surface area contributed by atoms with E-state index in [0.29, 0.717) is 35.3 Å². The maximum atomic E-state index is 15.2. The second kappa shape index (κ2) is 17.7. The fraction of sp³-hybridized carbons (Fsp3) is 0.682. The van der Waals surface area contributed by atoms with Gasteiger partial charge in [0.1, 0.15) is 34.6 Å². The van der Waals surface area contributed by atoms with Gasteiger partial charge in [0.2, 0.25) is 27.7 Å². The number of halogens is 1. The molecule has 1 saturated heterocycles. The summed E-state index contributed by atoms with van der Waals surface area (Å²) in [5.74, 6) is -3.30. The molecule has 0 bridgehead atoms. The Morgan fingerprint density at radius 3 is 2.45 bits per heavy atom. The summed E-state index contributed by atoms with van der Waals surface area (Å²) >= 11 is 0. The van der Waals surface area contributed by atoms with E-state index >= 15 is 4.79 Å². The molecule has 7 atom stereocenters. The van der Waals surface area contributed by atoms with Crippen molar-refractivity contribution in [2.45, 2.75) is 128 Å². The van der Waals surface area contributed by atoms with E-state index in [2.05, 4.69) is 11.6 Å². The van der Waals surface area contributed by atoms with Crippen LogP contribution in [0.4, 0.5) is 4.39 Å². The predicted molar refractivity (Wildman–Crippen MR) is 221 cm³/mol. The molecule has 1 N–H and O–H groups in total. The van der Waals surface area contributed by atoms with E-state index in [4.69, 9.17) is 28.9 Å². The van der Waals surface area contributed by atoms with Gasteiger partial charge in [0.05, 0.1) is 48.5 Å². The number of esters is 1. The molecule has 0 unspecified atom stereocenters. The minimum absolute atomic E-state index is 0.0336. The van der Waals surface area contributed by atoms with E-state index in [0.717, 1.165) is 6.42 Å². The van der Waals surface area contributed by atoms with Gasteiger partial charge in [-0.05, 0) is 89.2 Å². The number of carbonyl (C=O) groups excluding carboxylic acids is 4. The van der Waals surface area contributed by atoms with Crippen LogP contribution in [0.5, 0.6) is 11.6 Å². The molecule has 1 aromatic heterocycles. The highest BCUT2D eigenvalue weighted by atomic mass is 32.2. The van der Waals surface area contributed by atoms with E-state index in [9.17, 15) is 27.2 Å². The monoisotopic (exact) mass is 856 g/mol. The number of sulfonamides is 1. The Balaban J connectivity index is 1.39. The summed E-state index contributed by atoms with van der Waals surface area (Å²) in [4.78, 5) is 68.8. The molecule has 0 radical (unpaired) electrons. The standard InChI is InChI=1S/C44H61FN4O10S/c1-26(2)38-39(47-34-18-30(57-8)13-14-33(34)46-38)58-31-19-35-36(50)22-44(41(53)48-60(54,55)43(25-45)15-16-43)21-29(44)12-10-9-11-27(3)17-28(24-56-7)32(40(52)49(35)23-31)20-37(51)59-42(4,5)6/h10,12-14,18,26-29,31-32,35H,9,11,15-17,19-25H2,1-8H3,(H,48,53)/b12-10-/t27-,28-,29+,31+,32-,35-,44+/m0/s1. The largest absolute Gasteiger partial charge is 0.497 e. The van der Waals surface area contributed by atoms with Crippen LogP contribution in [0.25, 0.3) is 11.0 Å². The van der Waals surface area contributed by atoms with Crippen LogP contribution >= 0.6 is 0 Å². The molecule has 16 heteroatoms. The first-order chi connectivity index (χ1) is 28.2. The van der Waals surface area contributed by atoms with Gasteiger partial charge in [-0.3, -0.25) is 23.9 Å². The number of ether oxygens (including phenoxy) is 4. The first kappa shape index (κ1) is 45.3. The number of alkyl halides is 1. The van der Waals surface area contributed by atoms with Gasteiger partial charge >= 0.3 is 5.97 Å². The molecule has 6 rings (SSSR count). The van der Waals surface area contributed by atoms with Crippen LogP contribution in [0.2, 0.25) is 0 Å². The van der Waals surface area contributed by atoms with E-state index in [1.807, 2.05) is 32.1 Å². The van der Waals surface area contributed by atoms with Gasteiger partial charge in [-0.15, -0.1) is 0 Å². The molecule has 4 aliphatic rings. The lowest BCUT2D eigenvalue weighted by molar-refractivity contribution is -0.160. The Bertz CT molecular complexity index is 2100. The molecule has 3 heterocycles. The second-order valence-electron chi connectivity index (χ2n) is 18.7. The van der Waals surface area contributed by atoms with Crippen LogP contribution in [0.1, 0.15) is 111 Å². The van der Waals surface area contributed by atoms with Gasteiger partial charge < -0.3 is 23.8 Å². The van der Waals surface area contributed by atoms with Crippen molar-refractivity contribution in [3.05, 3.63) is 36.0 Å². The van der Waals surface area contributed by atoms with Crippen LogP contribution < -0.4 is 14.2 Å². The summed E-state index contributed by atoms with van der Waals surface area (Å²) in [5.41, 5.74) is -0.490. The van der Waals surface area contributed by atoms with Crippen molar-refractivity contribution in [2.75, 3.05) is 34.0 Å². The Labute approximate surface area is 352 Å². The lowest BCUT2D eigenvalue weighted by Gasteiger charge is -2.34. The van der Waals surface area contributed by atoms with Crippen molar-refractivity contribution in [3.8, 4) is 11.6 Å². The number of rotatable bonds is 12. The Morgan fingerprint density at radius 2 is 1.82 bits per heavy atom. The van der Waals surface area contributed by atoms with Gasteiger partial charge in [0.15, 0.2) is 5.78 Å². The van der Waals surface area contributed by atoms with Gasteiger partial charge in [0, 0.05) is 38.5 Å². The Kier molecular flexibility index (Phi) is 13.3. The molecular weight excluding hydrogens is 796 g/mol. The number of hydrogen-bond acceptors (Lipinski definition) is 12. The topological polar surface area (TPSA) is 180 Å². The number of amides is 2. The predicted octanol–water partition coefficient (Wildman–Crippen LogP) is 6.01. The van der Waals surface area contributed by atoms with Crippen molar-refractivity contribution in [3.63, 3.8) is 0 Å². The quantitative estimate of drug-likeness (QED) is 0.194. The summed E-state index contributed by atoms with van der Waals surface area (Å²) < 4.78 is 64.5.